The number of methoxy groups -OCH3 is 1. The van der Waals surface area contributed by atoms with Crippen LogP contribution >= 0.6 is 0 Å². The normalized spacial score (nSPS) is 21.3. The summed E-state index contributed by atoms with van der Waals surface area (Å²) in [5.74, 6) is -0.317. The molecule has 0 spiro atoms. The van der Waals surface area contributed by atoms with Crippen LogP contribution in [0.25, 0.3) is 0 Å². The van der Waals surface area contributed by atoms with Gasteiger partial charge in [0.15, 0.2) is 0 Å². The number of likely N-dealkylation sites (tertiary alicyclic amines) is 1. The van der Waals surface area contributed by atoms with Gasteiger partial charge in [0.05, 0.1) is 13.7 Å². The van der Waals surface area contributed by atoms with Crippen molar-refractivity contribution in [3.05, 3.63) is 35.1 Å². The Morgan fingerprint density at radius 1 is 1.45 bits per heavy atom. The minimum atomic E-state index is -0.774. The molecule has 1 fully saturated rings. The fraction of sp³-hybridized carbons (Fsp3) is 0.500. The van der Waals surface area contributed by atoms with Crippen LogP contribution in [0.4, 0.5) is 9.18 Å². The van der Waals surface area contributed by atoms with E-state index in [9.17, 15) is 14.0 Å². The molecule has 1 amide bonds. The molecule has 2 atom stereocenters. The largest absolute Gasteiger partial charge is 0.508 e. The Morgan fingerprint density at radius 3 is 2.82 bits per heavy atom. The SMILES string of the molecule is CCc1ccc(C2CC(OC(=O)OC)CN(C=O)C2)cc1F. The summed E-state index contributed by atoms with van der Waals surface area (Å²) in [7, 11) is 1.24. The Kier molecular flexibility index (Phi) is 5.35. The maximum atomic E-state index is 14.0. The summed E-state index contributed by atoms with van der Waals surface area (Å²) in [4.78, 5) is 23.9. The van der Waals surface area contributed by atoms with Crippen molar-refractivity contribution in [1.82, 2.24) is 4.90 Å². The van der Waals surface area contributed by atoms with Crippen molar-refractivity contribution in [2.75, 3.05) is 20.2 Å². The molecule has 1 saturated heterocycles. The van der Waals surface area contributed by atoms with E-state index < -0.39 is 12.3 Å². The van der Waals surface area contributed by atoms with Crippen LogP contribution in [0.2, 0.25) is 0 Å². The first-order chi connectivity index (χ1) is 10.6. The first kappa shape index (κ1) is 16.3. The number of halogens is 1. The number of aryl methyl sites for hydroxylation is 1. The molecule has 1 aromatic rings. The van der Waals surface area contributed by atoms with Gasteiger partial charge in [-0.15, -0.1) is 0 Å². The first-order valence-electron chi connectivity index (χ1n) is 7.29. The number of ether oxygens (including phenoxy) is 2. The summed E-state index contributed by atoms with van der Waals surface area (Å²) in [6.45, 7) is 2.70. The van der Waals surface area contributed by atoms with E-state index in [1.807, 2.05) is 13.0 Å². The lowest BCUT2D eigenvalue weighted by molar-refractivity contribution is -0.121. The molecule has 120 valence electrons. The monoisotopic (exact) mass is 309 g/mol. The Hall–Kier alpha value is -2.11. The maximum absolute atomic E-state index is 14.0. The van der Waals surface area contributed by atoms with Crippen molar-refractivity contribution in [3.63, 3.8) is 0 Å². The number of hydrogen-bond donors (Lipinski definition) is 0. The number of nitrogens with zero attached hydrogens (tertiary/aromatic N) is 1. The maximum Gasteiger partial charge on any atom is 0.508 e. The molecule has 22 heavy (non-hydrogen) atoms. The number of rotatable bonds is 4. The van der Waals surface area contributed by atoms with Gasteiger partial charge in [0.2, 0.25) is 6.41 Å². The van der Waals surface area contributed by atoms with Crippen LogP contribution in [0.5, 0.6) is 0 Å². The highest BCUT2D eigenvalue weighted by atomic mass is 19.1. The lowest BCUT2D eigenvalue weighted by atomic mass is 9.88. The summed E-state index contributed by atoms with van der Waals surface area (Å²) in [6, 6.07) is 5.14. The highest BCUT2D eigenvalue weighted by Gasteiger charge is 2.30. The molecule has 1 aromatic carbocycles. The van der Waals surface area contributed by atoms with Gasteiger partial charge in [-0.1, -0.05) is 19.1 Å². The van der Waals surface area contributed by atoms with Crippen LogP contribution in [-0.2, 0) is 20.7 Å². The third-order valence-corrected chi connectivity index (χ3v) is 3.95. The van der Waals surface area contributed by atoms with E-state index >= 15 is 0 Å². The third kappa shape index (κ3) is 3.75. The molecule has 1 aliphatic heterocycles. The van der Waals surface area contributed by atoms with Crippen LogP contribution in [-0.4, -0.2) is 43.8 Å². The van der Waals surface area contributed by atoms with Crippen molar-refractivity contribution in [3.8, 4) is 0 Å². The van der Waals surface area contributed by atoms with Gasteiger partial charge >= 0.3 is 6.16 Å². The van der Waals surface area contributed by atoms with Gasteiger partial charge in [-0.3, -0.25) is 4.79 Å². The molecule has 0 N–H and O–H groups in total. The first-order valence-corrected chi connectivity index (χ1v) is 7.29. The number of carbonyl (C=O) groups is 2. The molecule has 6 heteroatoms. The van der Waals surface area contributed by atoms with Crippen molar-refractivity contribution < 1.29 is 23.5 Å². The second-order valence-electron chi connectivity index (χ2n) is 5.39. The van der Waals surface area contributed by atoms with Gasteiger partial charge in [-0.05, 0) is 30.0 Å². The molecular weight excluding hydrogens is 289 g/mol. The zero-order chi connectivity index (χ0) is 16.1. The Morgan fingerprint density at radius 2 is 2.23 bits per heavy atom. The van der Waals surface area contributed by atoms with Gasteiger partial charge < -0.3 is 14.4 Å². The fourth-order valence-electron chi connectivity index (χ4n) is 2.79. The second-order valence-corrected chi connectivity index (χ2v) is 5.39. The standard InChI is InChI=1S/C16H20FNO4/c1-3-11-4-5-12(7-15(11)17)13-6-14(22-16(20)21-2)9-18(8-13)10-19/h4-5,7,10,13-14H,3,6,8-9H2,1-2H3. The van der Waals surface area contributed by atoms with Crippen molar-refractivity contribution >= 4 is 12.6 Å². The van der Waals surface area contributed by atoms with Gasteiger partial charge in [-0.2, -0.15) is 0 Å². The van der Waals surface area contributed by atoms with Gasteiger partial charge in [0, 0.05) is 12.5 Å². The Labute approximate surface area is 129 Å². The smallest absolute Gasteiger partial charge is 0.438 e. The summed E-state index contributed by atoms with van der Waals surface area (Å²) in [6.07, 6.45) is 0.654. The lowest BCUT2D eigenvalue weighted by Gasteiger charge is -2.35. The highest BCUT2D eigenvalue weighted by molar-refractivity contribution is 5.60. The van der Waals surface area contributed by atoms with E-state index in [0.717, 1.165) is 12.0 Å². The number of hydrogen-bond acceptors (Lipinski definition) is 4. The van der Waals surface area contributed by atoms with Crippen LogP contribution in [0.3, 0.4) is 0 Å². The van der Waals surface area contributed by atoms with Crippen molar-refractivity contribution in [1.29, 1.82) is 0 Å². The summed E-state index contributed by atoms with van der Waals surface area (Å²) < 4.78 is 23.6. The molecule has 0 radical (unpaired) electrons. The van der Waals surface area contributed by atoms with Crippen LogP contribution in [0.1, 0.15) is 30.4 Å². The average Bonchev–Trinajstić information content (AvgIpc) is 2.54. The molecule has 5 nitrogen and oxygen atoms in total. The number of carbonyl (C=O) groups excluding carboxylic acids is 2. The topological polar surface area (TPSA) is 55.8 Å². The molecular formula is C16H20FNO4. The van der Waals surface area contributed by atoms with E-state index in [4.69, 9.17) is 4.74 Å². The van der Waals surface area contributed by atoms with Gasteiger partial charge in [-0.25, -0.2) is 9.18 Å². The molecule has 0 aliphatic carbocycles. The minimum Gasteiger partial charge on any atom is -0.438 e. The van der Waals surface area contributed by atoms with Gasteiger partial charge in [0.1, 0.15) is 11.9 Å². The van der Waals surface area contributed by atoms with E-state index in [2.05, 4.69) is 4.74 Å². The van der Waals surface area contributed by atoms with Crippen LogP contribution in [0.15, 0.2) is 18.2 Å². The second kappa shape index (κ2) is 7.24. The van der Waals surface area contributed by atoms with E-state index in [-0.39, 0.29) is 11.7 Å². The molecule has 1 aliphatic rings. The van der Waals surface area contributed by atoms with Crippen LogP contribution < -0.4 is 0 Å². The van der Waals surface area contributed by atoms with E-state index in [1.165, 1.54) is 18.1 Å². The fourth-order valence-corrected chi connectivity index (χ4v) is 2.79. The Bertz CT molecular complexity index is 549. The predicted octanol–water partition coefficient (Wildman–Crippen LogP) is 2.49. The van der Waals surface area contributed by atoms with E-state index in [0.29, 0.717) is 31.5 Å². The zero-order valence-corrected chi connectivity index (χ0v) is 12.8. The number of benzene rings is 1. The lowest BCUT2D eigenvalue weighted by Crippen LogP contribution is -2.43. The molecule has 2 unspecified atom stereocenters. The van der Waals surface area contributed by atoms with Crippen LogP contribution in [0, 0.1) is 5.82 Å². The van der Waals surface area contributed by atoms with Gasteiger partial charge in [0.25, 0.3) is 0 Å². The molecule has 2 rings (SSSR count). The van der Waals surface area contributed by atoms with Crippen molar-refractivity contribution in [2.45, 2.75) is 31.8 Å². The summed E-state index contributed by atoms with van der Waals surface area (Å²) >= 11 is 0. The average molecular weight is 309 g/mol. The number of amides is 1. The van der Waals surface area contributed by atoms with E-state index in [1.54, 1.807) is 6.07 Å². The third-order valence-electron chi connectivity index (χ3n) is 3.95. The molecule has 0 aromatic heterocycles. The minimum absolute atomic E-state index is 0.0750. The summed E-state index contributed by atoms with van der Waals surface area (Å²) in [5, 5.41) is 0. The molecule has 1 heterocycles. The molecule has 0 bridgehead atoms. The Balaban J connectivity index is 2.16. The number of piperidine rings is 1. The highest BCUT2D eigenvalue weighted by Crippen LogP contribution is 2.29. The quantitative estimate of drug-likeness (QED) is 0.633. The summed E-state index contributed by atoms with van der Waals surface area (Å²) in [5.41, 5.74) is 1.47. The van der Waals surface area contributed by atoms with Crippen molar-refractivity contribution in [2.24, 2.45) is 0 Å². The molecule has 0 saturated carbocycles. The zero-order valence-electron chi connectivity index (χ0n) is 12.8. The predicted molar refractivity (Wildman–Crippen MR) is 78.1 cm³/mol.